The fourth-order valence-electron chi connectivity index (χ4n) is 1.51. The molecule has 1 aromatic rings. The van der Waals surface area contributed by atoms with Crippen LogP contribution in [0.15, 0.2) is 24.3 Å². The molecule has 0 bridgehead atoms. The van der Waals surface area contributed by atoms with E-state index in [1.165, 1.54) is 12.1 Å². The van der Waals surface area contributed by atoms with Gasteiger partial charge in [-0.1, -0.05) is 18.2 Å². The predicted molar refractivity (Wildman–Crippen MR) is 63.0 cm³/mol. The second kappa shape index (κ2) is 5.00. The third-order valence-electron chi connectivity index (χ3n) is 2.13. The number of nitrogens with one attached hydrogen (secondary N) is 1. The Hall–Kier alpha value is -1.52. The maximum Gasteiger partial charge on any atom is 0.416 e. The van der Waals surface area contributed by atoms with Crippen LogP contribution >= 0.6 is 0 Å². The summed E-state index contributed by atoms with van der Waals surface area (Å²) in [5.41, 5.74) is -0.770. The molecule has 0 spiro atoms. The second-order valence-corrected chi connectivity index (χ2v) is 5.17. The van der Waals surface area contributed by atoms with E-state index in [0.717, 1.165) is 12.1 Å². The fraction of sp³-hybridized carbons (Fsp3) is 0.462. The molecule has 5 heteroatoms. The zero-order valence-corrected chi connectivity index (χ0v) is 10.6. The molecule has 18 heavy (non-hydrogen) atoms. The number of alkyl halides is 3. The number of carbonyl (C=O) groups is 1. The van der Waals surface area contributed by atoms with Gasteiger partial charge in [-0.2, -0.15) is 13.2 Å². The Morgan fingerprint density at radius 2 is 1.83 bits per heavy atom. The molecule has 0 aliphatic heterocycles. The molecule has 0 heterocycles. The molecule has 0 atom stereocenters. The van der Waals surface area contributed by atoms with Crippen molar-refractivity contribution >= 4 is 5.91 Å². The van der Waals surface area contributed by atoms with E-state index in [2.05, 4.69) is 5.32 Å². The van der Waals surface area contributed by atoms with Crippen LogP contribution in [-0.2, 0) is 17.4 Å². The van der Waals surface area contributed by atoms with Gasteiger partial charge in [-0.15, -0.1) is 0 Å². The number of carbonyl (C=O) groups excluding carboxylic acids is 1. The second-order valence-electron chi connectivity index (χ2n) is 5.17. The van der Waals surface area contributed by atoms with Crippen molar-refractivity contribution in [1.82, 2.24) is 5.32 Å². The monoisotopic (exact) mass is 259 g/mol. The van der Waals surface area contributed by atoms with E-state index in [1.807, 2.05) is 20.8 Å². The molecule has 0 unspecified atom stereocenters. The lowest BCUT2D eigenvalue weighted by molar-refractivity contribution is -0.137. The van der Waals surface area contributed by atoms with Gasteiger partial charge in [0.1, 0.15) is 0 Å². The molecule has 0 saturated heterocycles. The minimum atomic E-state index is -4.38. The van der Waals surface area contributed by atoms with E-state index >= 15 is 0 Å². The Morgan fingerprint density at radius 1 is 1.22 bits per heavy atom. The number of hydrogen-bond donors (Lipinski definition) is 1. The minimum Gasteiger partial charge on any atom is -0.351 e. The van der Waals surface area contributed by atoms with E-state index in [4.69, 9.17) is 0 Å². The van der Waals surface area contributed by atoms with Crippen LogP contribution in [0.2, 0.25) is 0 Å². The zero-order chi connectivity index (χ0) is 14.0. The van der Waals surface area contributed by atoms with Crippen LogP contribution in [0.3, 0.4) is 0 Å². The maximum absolute atomic E-state index is 12.5. The molecule has 0 radical (unpaired) electrons. The smallest absolute Gasteiger partial charge is 0.351 e. The quantitative estimate of drug-likeness (QED) is 0.868. The first kappa shape index (κ1) is 14.5. The average molecular weight is 259 g/mol. The van der Waals surface area contributed by atoms with Crippen molar-refractivity contribution in [2.75, 3.05) is 0 Å². The van der Waals surface area contributed by atoms with E-state index in [1.54, 1.807) is 0 Å². The minimum absolute atomic E-state index is 0.0544. The molecule has 0 saturated carbocycles. The predicted octanol–water partition coefficient (Wildman–Crippen LogP) is 3.16. The zero-order valence-electron chi connectivity index (χ0n) is 10.6. The van der Waals surface area contributed by atoms with Crippen LogP contribution < -0.4 is 5.32 Å². The van der Waals surface area contributed by atoms with Gasteiger partial charge >= 0.3 is 6.18 Å². The Balaban J connectivity index is 2.77. The van der Waals surface area contributed by atoms with Crippen LogP contribution in [0.4, 0.5) is 13.2 Å². The van der Waals surface area contributed by atoms with Gasteiger partial charge in [0.15, 0.2) is 0 Å². The third kappa shape index (κ3) is 4.77. The standard InChI is InChI=1S/C13H16F3NO/c1-12(2,3)17-11(18)8-9-5-4-6-10(7-9)13(14,15)16/h4-7H,8H2,1-3H3,(H,17,18). The molecule has 0 aromatic heterocycles. The summed E-state index contributed by atoms with van der Waals surface area (Å²) in [7, 11) is 0. The highest BCUT2D eigenvalue weighted by Gasteiger charge is 2.30. The van der Waals surface area contributed by atoms with Gasteiger partial charge in [0, 0.05) is 5.54 Å². The van der Waals surface area contributed by atoms with Crippen molar-refractivity contribution < 1.29 is 18.0 Å². The van der Waals surface area contributed by atoms with Crippen molar-refractivity contribution in [3.05, 3.63) is 35.4 Å². The fourth-order valence-corrected chi connectivity index (χ4v) is 1.51. The number of benzene rings is 1. The maximum atomic E-state index is 12.5. The van der Waals surface area contributed by atoms with Crippen LogP contribution in [0, 0.1) is 0 Å². The van der Waals surface area contributed by atoms with Gasteiger partial charge in [0.25, 0.3) is 0 Å². The highest BCUT2D eigenvalue weighted by molar-refractivity contribution is 5.79. The molecule has 2 nitrogen and oxygen atoms in total. The lowest BCUT2D eigenvalue weighted by Crippen LogP contribution is -2.41. The van der Waals surface area contributed by atoms with Crippen LogP contribution in [0.25, 0.3) is 0 Å². The summed E-state index contributed by atoms with van der Waals surface area (Å²) in [5, 5.41) is 2.71. The number of amides is 1. The van der Waals surface area contributed by atoms with Gasteiger partial charge in [0.2, 0.25) is 5.91 Å². The lowest BCUT2D eigenvalue weighted by Gasteiger charge is -2.20. The van der Waals surface area contributed by atoms with Crippen LogP contribution in [0.5, 0.6) is 0 Å². The van der Waals surface area contributed by atoms with Crippen LogP contribution in [-0.4, -0.2) is 11.4 Å². The van der Waals surface area contributed by atoms with Crippen molar-refractivity contribution in [1.29, 1.82) is 0 Å². The topological polar surface area (TPSA) is 29.1 Å². The average Bonchev–Trinajstić information content (AvgIpc) is 2.13. The first-order valence-corrected chi connectivity index (χ1v) is 5.55. The van der Waals surface area contributed by atoms with Gasteiger partial charge in [0.05, 0.1) is 12.0 Å². The van der Waals surface area contributed by atoms with Crippen molar-refractivity contribution in [2.45, 2.75) is 38.9 Å². The first-order valence-electron chi connectivity index (χ1n) is 5.55. The third-order valence-corrected chi connectivity index (χ3v) is 2.13. The summed E-state index contributed by atoms with van der Waals surface area (Å²) in [4.78, 5) is 11.6. The summed E-state index contributed by atoms with van der Waals surface area (Å²) in [6.45, 7) is 5.45. The van der Waals surface area contributed by atoms with E-state index in [9.17, 15) is 18.0 Å². The van der Waals surface area contributed by atoms with Gasteiger partial charge in [-0.05, 0) is 32.4 Å². The Labute approximate surface area is 104 Å². The summed E-state index contributed by atoms with van der Waals surface area (Å²) in [6, 6.07) is 4.81. The summed E-state index contributed by atoms with van der Waals surface area (Å²) >= 11 is 0. The first-order chi connectivity index (χ1) is 8.08. The van der Waals surface area contributed by atoms with Crippen LogP contribution in [0.1, 0.15) is 31.9 Å². The Kier molecular flexibility index (Phi) is 4.04. The SMILES string of the molecule is CC(C)(C)NC(=O)Cc1cccc(C(F)(F)F)c1. The summed E-state index contributed by atoms with van der Waals surface area (Å²) in [5.74, 6) is -0.290. The van der Waals surface area contributed by atoms with E-state index in [0.29, 0.717) is 5.56 Å². The van der Waals surface area contributed by atoms with Crippen molar-refractivity contribution in [2.24, 2.45) is 0 Å². The normalized spacial score (nSPS) is 12.3. The molecule has 0 fully saturated rings. The van der Waals surface area contributed by atoms with E-state index < -0.39 is 17.3 Å². The Bertz CT molecular complexity index is 433. The number of rotatable bonds is 2. The summed E-state index contributed by atoms with van der Waals surface area (Å²) < 4.78 is 37.4. The molecule has 1 rings (SSSR count). The Morgan fingerprint density at radius 3 is 2.33 bits per heavy atom. The lowest BCUT2D eigenvalue weighted by atomic mass is 10.1. The highest BCUT2D eigenvalue weighted by atomic mass is 19.4. The molecule has 1 aromatic carbocycles. The van der Waals surface area contributed by atoms with Crippen molar-refractivity contribution in [3.63, 3.8) is 0 Å². The summed E-state index contributed by atoms with van der Waals surface area (Å²) in [6.07, 6.45) is -4.43. The highest BCUT2D eigenvalue weighted by Crippen LogP contribution is 2.29. The van der Waals surface area contributed by atoms with Crippen molar-refractivity contribution in [3.8, 4) is 0 Å². The van der Waals surface area contributed by atoms with Gasteiger partial charge < -0.3 is 5.32 Å². The van der Waals surface area contributed by atoms with E-state index in [-0.39, 0.29) is 12.3 Å². The molecular formula is C13H16F3NO. The number of halogens is 3. The van der Waals surface area contributed by atoms with Gasteiger partial charge in [-0.3, -0.25) is 4.79 Å². The largest absolute Gasteiger partial charge is 0.416 e. The molecule has 0 aliphatic rings. The molecular weight excluding hydrogens is 243 g/mol. The molecule has 0 aliphatic carbocycles. The van der Waals surface area contributed by atoms with Gasteiger partial charge in [-0.25, -0.2) is 0 Å². The number of hydrogen-bond acceptors (Lipinski definition) is 1. The molecule has 1 amide bonds. The molecule has 1 N–H and O–H groups in total. The molecule has 100 valence electrons.